The van der Waals surface area contributed by atoms with Crippen LogP contribution in [0.2, 0.25) is 0 Å². The number of carbonyl (C=O) groups is 1. The molecule has 0 radical (unpaired) electrons. The molecule has 0 saturated heterocycles. The van der Waals surface area contributed by atoms with Crippen LogP contribution in [0.5, 0.6) is 0 Å². The number of rotatable bonds is 5. The topological polar surface area (TPSA) is 72.5 Å². The Morgan fingerprint density at radius 2 is 1.72 bits per heavy atom. The van der Waals surface area contributed by atoms with Gasteiger partial charge in [0.1, 0.15) is 5.60 Å². The van der Waals surface area contributed by atoms with E-state index >= 15 is 0 Å². The number of ether oxygens (including phenoxy) is 1. The Kier molecular flexibility index (Phi) is 5.58. The van der Waals surface area contributed by atoms with Crippen LogP contribution in [0.4, 0.5) is 8.68 Å². The van der Waals surface area contributed by atoms with Gasteiger partial charge in [-0.2, -0.15) is 8.42 Å². The van der Waals surface area contributed by atoms with Crippen LogP contribution in [0.3, 0.4) is 0 Å². The Bertz CT molecular complexity index is 384. The predicted octanol–water partition coefficient (Wildman–Crippen LogP) is 2.23. The molecule has 0 aromatic carbocycles. The van der Waals surface area contributed by atoms with Crippen molar-refractivity contribution in [2.45, 2.75) is 46.6 Å². The summed E-state index contributed by atoms with van der Waals surface area (Å²) >= 11 is 0. The summed E-state index contributed by atoms with van der Waals surface area (Å²) in [5.41, 5.74) is -1.10. The fraction of sp³-hybridized carbons (Fsp3) is 0.909. The first kappa shape index (κ1) is 17.2. The number of amides is 1. The maximum Gasteiger partial charge on any atom is 0.407 e. The molecule has 0 spiro atoms. The second-order valence-electron chi connectivity index (χ2n) is 6.01. The van der Waals surface area contributed by atoms with Gasteiger partial charge in [0, 0.05) is 6.54 Å². The molecule has 5 nitrogen and oxygen atoms in total. The van der Waals surface area contributed by atoms with Crippen molar-refractivity contribution in [3.05, 3.63) is 0 Å². The Morgan fingerprint density at radius 1 is 1.22 bits per heavy atom. The number of nitrogens with one attached hydrogen (secondary N) is 1. The Balaban J connectivity index is 4.15. The molecule has 0 aromatic rings. The molecule has 0 aliphatic heterocycles. The van der Waals surface area contributed by atoms with Crippen molar-refractivity contribution in [1.82, 2.24) is 5.32 Å². The molecular formula is C11H22FNO4S. The van der Waals surface area contributed by atoms with Crippen LogP contribution in [0, 0.1) is 5.41 Å². The van der Waals surface area contributed by atoms with E-state index in [0.717, 1.165) is 0 Å². The van der Waals surface area contributed by atoms with Crippen LogP contribution in [0.15, 0.2) is 0 Å². The van der Waals surface area contributed by atoms with E-state index < -0.39 is 33.1 Å². The van der Waals surface area contributed by atoms with Crippen LogP contribution in [-0.4, -0.2) is 32.4 Å². The van der Waals surface area contributed by atoms with Crippen molar-refractivity contribution in [1.29, 1.82) is 0 Å². The van der Waals surface area contributed by atoms with E-state index in [1.54, 1.807) is 34.6 Å². The van der Waals surface area contributed by atoms with Gasteiger partial charge in [0.2, 0.25) is 0 Å². The van der Waals surface area contributed by atoms with E-state index in [2.05, 4.69) is 5.32 Å². The molecule has 0 atom stereocenters. The highest BCUT2D eigenvalue weighted by atomic mass is 32.3. The monoisotopic (exact) mass is 283 g/mol. The van der Waals surface area contributed by atoms with Crippen LogP contribution in [-0.2, 0) is 15.0 Å². The third-order valence-corrected chi connectivity index (χ3v) is 2.82. The van der Waals surface area contributed by atoms with Gasteiger partial charge in [-0.3, -0.25) is 0 Å². The molecular weight excluding hydrogens is 261 g/mol. The third-order valence-electron chi connectivity index (χ3n) is 2.13. The van der Waals surface area contributed by atoms with Gasteiger partial charge in [0.05, 0.1) is 5.75 Å². The van der Waals surface area contributed by atoms with Crippen molar-refractivity contribution in [2.75, 3.05) is 12.3 Å². The lowest BCUT2D eigenvalue weighted by atomic mass is 9.90. The highest BCUT2D eigenvalue weighted by molar-refractivity contribution is 7.86. The summed E-state index contributed by atoms with van der Waals surface area (Å²) in [4.78, 5) is 11.4. The molecule has 0 unspecified atom stereocenters. The molecule has 0 fully saturated rings. The summed E-state index contributed by atoms with van der Waals surface area (Å²) in [5, 5.41) is 2.54. The Labute approximate surface area is 108 Å². The van der Waals surface area contributed by atoms with E-state index in [1.807, 2.05) is 0 Å². The van der Waals surface area contributed by atoms with Crippen LogP contribution >= 0.6 is 0 Å². The molecule has 0 aliphatic carbocycles. The predicted molar refractivity (Wildman–Crippen MR) is 67.5 cm³/mol. The van der Waals surface area contributed by atoms with E-state index in [1.165, 1.54) is 0 Å². The molecule has 0 bridgehead atoms. The summed E-state index contributed by atoms with van der Waals surface area (Å²) in [6, 6.07) is 0. The lowest BCUT2D eigenvalue weighted by Gasteiger charge is -2.26. The average molecular weight is 283 g/mol. The number of carbonyl (C=O) groups excluding carboxylic acids is 1. The minimum atomic E-state index is -4.47. The van der Waals surface area contributed by atoms with Crippen molar-refractivity contribution in [2.24, 2.45) is 5.41 Å². The zero-order chi connectivity index (χ0) is 14.6. The second kappa shape index (κ2) is 5.86. The summed E-state index contributed by atoms with van der Waals surface area (Å²) < 4.78 is 38.3. The number of hydrogen-bond donors (Lipinski definition) is 1. The fourth-order valence-corrected chi connectivity index (χ4v) is 1.91. The van der Waals surface area contributed by atoms with Gasteiger partial charge in [-0.1, -0.05) is 13.8 Å². The minimum absolute atomic E-state index is 0.127. The normalized spacial score (nSPS) is 13.2. The first-order valence-electron chi connectivity index (χ1n) is 5.70. The molecule has 0 rings (SSSR count). The van der Waals surface area contributed by atoms with E-state index in [9.17, 15) is 17.1 Å². The lowest BCUT2D eigenvalue weighted by molar-refractivity contribution is 0.0506. The van der Waals surface area contributed by atoms with Gasteiger partial charge in [-0.05, 0) is 32.6 Å². The number of halogens is 1. The van der Waals surface area contributed by atoms with Crippen molar-refractivity contribution >= 4 is 16.3 Å². The van der Waals surface area contributed by atoms with Gasteiger partial charge in [0.15, 0.2) is 0 Å². The van der Waals surface area contributed by atoms with Crippen molar-refractivity contribution in [3.63, 3.8) is 0 Å². The quantitative estimate of drug-likeness (QED) is 0.785. The zero-order valence-electron chi connectivity index (χ0n) is 11.5. The SMILES string of the molecule is CC(C)(CCS(=O)(=O)F)CNC(=O)OC(C)(C)C. The van der Waals surface area contributed by atoms with Crippen LogP contribution in [0.25, 0.3) is 0 Å². The van der Waals surface area contributed by atoms with Crippen LogP contribution in [0.1, 0.15) is 41.0 Å². The Hall–Kier alpha value is -0.850. The van der Waals surface area contributed by atoms with Crippen LogP contribution < -0.4 is 5.32 Å². The van der Waals surface area contributed by atoms with Gasteiger partial charge < -0.3 is 10.1 Å². The molecule has 108 valence electrons. The first-order chi connectivity index (χ1) is 7.81. The maximum atomic E-state index is 12.4. The second-order valence-corrected chi connectivity index (χ2v) is 7.50. The maximum absolute atomic E-state index is 12.4. The van der Waals surface area contributed by atoms with Crippen molar-refractivity contribution in [3.8, 4) is 0 Å². The Morgan fingerprint density at radius 3 is 2.11 bits per heavy atom. The molecule has 7 heteroatoms. The summed E-state index contributed by atoms with van der Waals surface area (Å²) in [7, 11) is -4.47. The first-order valence-corrected chi connectivity index (χ1v) is 7.25. The molecule has 1 amide bonds. The minimum Gasteiger partial charge on any atom is -0.444 e. The highest BCUT2D eigenvalue weighted by Gasteiger charge is 2.24. The van der Waals surface area contributed by atoms with Gasteiger partial charge >= 0.3 is 16.3 Å². The molecule has 1 N–H and O–H groups in total. The van der Waals surface area contributed by atoms with Crippen molar-refractivity contribution < 1.29 is 21.8 Å². The molecule has 0 aromatic heterocycles. The van der Waals surface area contributed by atoms with Gasteiger partial charge in [-0.25, -0.2) is 4.79 Å². The summed E-state index contributed by atoms with van der Waals surface area (Å²) in [6.07, 6.45) is -0.444. The highest BCUT2D eigenvalue weighted by Crippen LogP contribution is 2.20. The number of alkyl carbamates (subject to hydrolysis) is 1. The third kappa shape index (κ3) is 10.3. The molecule has 0 saturated carbocycles. The lowest BCUT2D eigenvalue weighted by Crippen LogP contribution is -2.38. The average Bonchev–Trinajstić information content (AvgIpc) is 2.08. The number of hydrogen-bond acceptors (Lipinski definition) is 4. The van der Waals surface area contributed by atoms with E-state index in [4.69, 9.17) is 4.74 Å². The molecule has 0 heterocycles. The summed E-state index contributed by atoms with van der Waals surface area (Å²) in [6.45, 7) is 8.94. The fourth-order valence-electron chi connectivity index (χ4n) is 1.11. The van der Waals surface area contributed by atoms with E-state index in [0.29, 0.717) is 0 Å². The van der Waals surface area contributed by atoms with Gasteiger partial charge in [-0.15, -0.1) is 3.89 Å². The standard InChI is InChI=1S/C11H22FNO4S/c1-10(2,3)17-9(14)13-8-11(4,5)6-7-18(12,15)16/h6-8H2,1-5H3,(H,13,14). The van der Waals surface area contributed by atoms with E-state index in [-0.39, 0.29) is 13.0 Å². The summed E-state index contributed by atoms with van der Waals surface area (Å²) in [5.74, 6) is -0.546. The largest absolute Gasteiger partial charge is 0.444 e. The smallest absolute Gasteiger partial charge is 0.407 e. The molecule has 18 heavy (non-hydrogen) atoms. The zero-order valence-corrected chi connectivity index (χ0v) is 12.4. The molecule has 0 aliphatic rings. The van der Waals surface area contributed by atoms with Gasteiger partial charge in [0.25, 0.3) is 0 Å².